The van der Waals surface area contributed by atoms with Gasteiger partial charge in [-0.1, -0.05) is 18.7 Å². The van der Waals surface area contributed by atoms with Crippen molar-refractivity contribution in [3.05, 3.63) is 42.5 Å². The highest BCUT2D eigenvalue weighted by Gasteiger charge is 2.21. The quantitative estimate of drug-likeness (QED) is 0.418. The minimum absolute atomic E-state index is 0.0937. The number of hydrogen-bond acceptors (Lipinski definition) is 8. The van der Waals surface area contributed by atoms with Crippen molar-refractivity contribution in [1.82, 2.24) is 30.0 Å². The number of phenols is 1. The molecule has 10 heteroatoms. The van der Waals surface area contributed by atoms with Gasteiger partial charge in [-0.2, -0.15) is 0 Å². The highest BCUT2D eigenvalue weighted by molar-refractivity contribution is 7.99. The number of hydrogen-bond donors (Lipinski definition) is 2. The van der Waals surface area contributed by atoms with Crippen LogP contribution in [0.3, 0.4) is 0 Å². The number of carbonyl (C=O) groups is 1. The maximum Gasteiger partial charge on any atom is 0.277 e. The van der Waals surface area contributed by atoms with Crippen LogP contribution in [0.2, 0.25) is 0 Å². The normalized spacial score (nSPS) is 14.8. The van der Waals surface area contributed by atoms with Crippen LogP contribution in [0.4, 0.5) is 0 Å². The maximum absolute atomic E-state index is 12.5. The zero-order chi connectivity index (χ0) is 22.8. The molecular weight excluding hydrogens is 440 g/mol. The van der Waals surface area contributed by atoms with Crippen molar-refractivity contribution in [2.24, 2.45) is 0 Å². The number of piperazine rings is 1. The third-order valence-electron chi connectivity index (χ3n) is 5.77. The Morgan fingerprint density at radius 3 is 2.61 bits per heavy atom. The van der Waals surface area contributed by atoms with Gasteiger partial charge in [0.25, 0.3) is 5.22 Å². The highest BCUT2D eigenvalue weighted by Crippen LogP contribution is 2.28. The summed E-state index contributed by atoms with van der Waals surface area (Å²) >= 11 is 1.26. The summed E-state index contributed by atoms with van der Waals surface area (Å²) in [4.78, 5) is 24.6. The molecule has 9 nitrogen and oxygen atoms in total. The van der Waals surface area contributed by atoms with Crippen molar-refractivity contribution in [3.8, 4) is 28.6 Å². The number of imidazole rings is 1. The fraction of sp³-hybridized carbons (Fsp3) is 0.304. The summed E-state index contributed by atoms with van der Waals surface area (Å²) in [7, 11) is 0. The summed E-state index contributed by atoms with van der Waals surface area (Å²) in [6, 6.07) is 12.5. The molecule has 2 aromatic heterocycles. The molecule has 5 rings (SSSR count). The van der Waals surface area contributed by atoms with E-state index in [1.807, 2.05) is 23.1 Å². The van der Waals surface area contributed by atoms with Gasteiger partial charge in [-0.15, -0.1) is 10.2 Å². The largest absolute Gasteiger partial charge is 0.508 e. The number of H-pyrrole nitrogens is 1. The number of benzene rings is 2. The molecule has 1 aliphatic heterocycles. The number of fused-ring (bicyclic) bond motifs is 1. The van der Waals surface area contributed by atoms with E-state index in [1.165, 1.54) is 11.8 Å². The van der Waals surface area contributed by atoms with Gasteiger partial charge in [0.1, 0.15) is 11.6 Å². The SMILES string of the molecule is CCN1CCN(C(=O)CSc2nnc(-c3ccc4nc(-c5ccc(O)cc5)[nH]c4c3)o2)CC1. The van der Waals surface area contributed by atoms with Crippen LogP contribution < -0.4 is 0 Å². The number of aromatic nitrogens is 4. The van der Waals surface area contributed by atoms with Crippen molar-refractivity contribution in [1.29, 1.82) is 0 Å². The van der Waals surface area contributed by atoms with Crippen LogP contribution >= 0.6 is 11.8 Å². The smallest absolute Gasteiger partial charge is 0.277 e. The lowest BCUT2D eigenvalue weighted by atomic mass is 10.2. The van der Waals surface area contributed by atoms with Crippen molar-refractivity contribution < 1.29 is 14.3 Å². The van der Waals surface area contributed by atoms with Gasteiger partial charge in [0.2, 0.25) is 11.8 Å². The fourth-order valence-electron chi connectivity index (χ4n) is 3.81. The van der Waals surface area contributed by atoms with Crippen molar-refractivity contribution in [2.75, 3.05) is 38.5 Å². The first kappa shape index (κ1) is 21.5. The van der Waals surface area contributed by atoms with Crippen LogP contribution in [0.25, 0.3) is 33.9 Å². The van der Waals surface area contributed by atoms with E-state index in [4.69, 9.17) is 4.42 Å². The molecule has 0 aliphatic carbocycles. The number of rotatable bonds is 6. The van der Waals surface area contributed by atoms with E-state index in [-0.39, 0.29) is 17.4 Å². The molecule has 1 aliphatic rings. The van der Waals surface area contributed by atoms with E-state index < -0.39 is 0 Å². The standard InChI is InChI=1S/C23H24N6O3S/c1-2-28-9-11-29(12-10-28)20(31)14-33-23-27-26-22(32-23)16-5-8-18-19(13-16)25-21(24-18)15-3-6-17(30)7-4-15/h3-8,13,30H,2,9-12,14H2,1H3,(H,24,25). The average molecular weight is 465 g/mol. The lowest BCUT2D eigenvalue weighted by molar-refractivity contribution is -0.130. The van der Waals surface area contributed by atoms with Crippen LogP contribution in [-0.2, 0) is 4.79 Å². The predicted octanol–water partition coefficient (Wildman–Crippen LogP) is 3.24. The first-order valence-corrected chi connectivity index (χ1v) is 11.8. The van der Waals surface area contributed by atoms with Gasteiger partial charge in [0, 0.05) is 37.3 Å². The van der Waals surface area contributed by atoms with Gasteiger partial charge >= 0.3 is 0 Å². The topological polar surface area (TPSA) is 111 Å². The molecule has 0 spiro atoms. The Balaban J connectivity index is 1.25. The molecule has 1 saturated heterocycles. The van der Waals surface area contributed by atoms with Crippen molar-refractivity contribution in [2.45, 2.75) is 12.1 Å². The molecule has 1 fully saturated rings. The predicted molar refractivity (Wildman–Crippen MR) is 126 cm³/mol. The molecule has 1 amide bonds. The Labute approximate surface area is 194 Å². The van der Waals surface area contributed by atoms with Gasteiger partial charge in [0.05, 0.1) is 16.8 Å². The van der Waals surface area contributed by atoms with Crippen molar-refractivity contribution >= 4 is 28.7 Å². The number of likely N-dealkylation sites (N-methyl/N-ethyl adjacent to an activating group) is 1. The van der Waals surface area contributed by atoms with E-state index in [1.54, 1.807) is 24.3 Å². The molecule has 4 aromatic rings. The minimum atomic E-state index is 0.0937. The molecule has 2 N–H and O–H groups in total. The number of aromatic hydroxyl groups is 1. The molecule has 2 aromatic carbocycles. The number of amides is 1. The Hall–Kier alpha value is -3.37. The number of nitrogens with one attached hydrogen (secondary N) is 1. The molecule has 33 heavy (non-hydrogen) atoms. The third-order valence-corrected chi connectivity index (χ3v) is 6.57. The lowest BCUT2D eigenvalue weighted by Gasteiger charge is -2.33. The van der Waals surface area contributed by atoms with E-state index in [2.05, 4.69) is 32.0 Å². The molecule has 0 saturated carbocycles. The van der Waals surface area contributed by atoms with Gasteiger partial charge in [-0.25, -0.2) is 4.98 Å². The first-order chi connectivity index (χ1) is 16.1. The monoisotopic (exact) mass is 464 g/mol. The van der Waals surface area contributed by atoms with Crippen LogP contribution in [0, 0.1) is 0 Å². The number of nitrogens with zero attached hydrogens (tertiary/aromatic N) is 5. The van der Waals surface area contributed by atoms with E-state index >= 15 is 0 Å². The molecule has 0 radical (unpaired) electrons. The summed E-state index contributed by atoms with van der Waals surface area (Å²) in [5, 5.41) is 18.1. The van der Waals surface area contributed by atoms with Crippen LogP contribution in [-0.4, -0.2) is 79.5 Å². The Morgan fingerprint density at radius 1 is 1.09 bits per heavy atom. The van der Waals surface area contributed by atoms with Crippen LogP contribution in [0.5, 0.6) is 5.75 Å². The van der Waals surface area contributed by atoms with Crippen LogP contribution in [0.1, 0.15) is 6.92 Å². The second-order valence-corrected chi connectivity index (χ2v) is 8.77. The number of phenolic OH excluding ortho intramolecular Hbond substituents is 1. The number of carbonyl (C=O) groups excluding carboxylic acids is 1. The maximum atomic E-state index is 12.5. The molecule has 3 heterocycles. The zero-order valence-electron chi connectivity index (χ0n) is 18.2. The van der Waals surface area contributed by atoms with E-state index in [0.29, 0.717) is 16.9 Å². The van der Waals surface area contributed by atoms with Gasteiger partial charge < -0.3 is 24.3 Å². The number of aromatic amines is 1. The summed E-state index contributed by atoms with van der Waals surface area (Å²) in [5.41, 5.74) is 3.29. The Morgan fingerprint density at radius 2 is 1.85 bits per heavy atom. The van der Waals surface area contributed by atoms with Crippen LogP contribution in [0.15, 0.2) is 52.1 Å². The second kappa shape index (κ2) is 9.24. The highest BCUT2D eigenvalue weighted by atomic mass is 32.2. The first-order valence-electron chi connectivity index (χ1n) is 10.8. The summed E-state index contributed by atoms with van der Waals surface area (Å²) in [5.74, 6) is 1.69. The van der Waals surface area contributed by atoms with Gasteiger partial charge in [-0.3, -0.25) is 4.79 Å². The third kappa shape index (κ3) is 4.71. The minimum Gasteiger partial charge on any atom is -0.508 e. The molecule has 0 atom stereocenters. The van der Waals surface area contributed by atoms with E-state index in [9.17, 15) is 9.90 Å². The zero-order valence-corrected chi connectivity index (χ0v) is 19.0. The molecule has 170 valence electrons. The average Bonchev–Trinajstić information content (AvgIpc) is 3.50. The molecular formula is C23H24N6O3S. The van der Waals surface area contributed by atoms with Gasteiger partial charge in [-0.05, 0) is 49.0 Å². The lowest BCUT2D eigenvalue weighted by Crippen LogP contribution is -2.49. The van der Waals surface area contributed by atoms with Gasteiger partial charge in [0.15, 0.2) is 0 Å². The molecule has 0 bridgehead atoms. The Kier molecular flexibility index (Phi) is 6.01. The van der Waals surface area contributed by atoms with Crippen molar-refractivity contribution in [3.63, 3.8) is 0 Å². The Bertz CT molecular complexity index is 1260. The summed E-state index contributed by atoms with van der Waals surface area (Å²) in [6.07, 6.45) is 0. The summed E-state index contributed by atoms with van der Waals surface area (Å²) < 4.78 is 5.80. The second-order valence-electron chi connectivity index (χ2n) is 7.84. The fourth-order valence-corrected chi connectivity index (χ4v) is 4.48. The summed E-state index contributed by atoms with van der Waals surface area (Å²) in [6.45, 7) is 6.52. The van der Waals surface area contributed by atoms with E-state index in [0.717, 1.165) is 54.9 Å². The number of thioether (sulfide) groups is 1. The molecule has 0 unspecified atom stereocenters.